The molecule has 1 aromatic heterocycles. The van der Waals surface area contributed by atoms with Crippen LogP contribution in [-0.4, -0.2) is 34.0 Å². The molecule has 1 unspecified atom stereocenters. The van der Waals surface area contributed by atoms with E-state index in [0.29, 0.717) is 0 Å². The molecule has 2 aromatic rings. The van der Waals surface area contributed by atoms with Crippen LogP contribution in [0.4, 0.5) is 5.82 Å². The van der Waals surface area contributed by atoms with Gasteiger partial charge in [0.05, 0.1) is 13.2 Å². The van der Waals surface area contributed by atoms with Crippen molar-refractivity contribution < 1.29 is 14.3 Å². The number of hydrogen-bond donors (Lipinski definition) is 2. The highest BCUT2D eigenvalue weighted by molar-refractivity contribution is 5.92. The molecule has 1 atom stereocenters. The number of nitrogen functional groups attached to an aromatic ring is 1. The molecule has 2 rings (SSSR count). The van der Waals surface area contributed by atoms with Gasteiger partial charge in [0.2, 0.25) is 11.6 Å². The first-order chi connectivity index (χ1) is 10.5. The van der Waals surface area contributed by atoms with Gasteiger partial charge in [-0.2, -0.15) is 0 Å². The first-order valence-electron chi connectivity index (χ1n) is 6.64. The van der Waals surface area contributed by atoms with Crippen LogP contribution in [0.1, 0.15) is 29.0 Å². The SMILES string of the molecule is COC(=O)c1nnn(CC(=O)NC(C)c2ccccc2)c1N. The molecule has 0 fully saturated rings. The van der Waals surface area contributed by atoms with Crippen LogP contribution in [-0.2, 0) is 16.1 Å². The Hall–Kier alpha value is -2.90. The molecule has 0 spiro atoms. The van der Waals surface area contributed by atoms with Crippen LogP contribution in [0.3, 0.4) is 0 Å². The molecule has 0 saturated heterocycles. The predicted octanol–water partition coefficient (Wildman–Crippen LogP) is 0.524. The van der Waals surface area contributed by atoms with E-state index < -0.39 is 5.97 Å². The number of benzene rings is 1. The molecule has 0 aliphatic carbocycles. The van der Waals surface area contributed by atoms with Gasteiger partial charge in [0.15, 0.2) is 5.82 Å². The molecule has 0 saturated carbocycles. The second-order valence-corrected chi connectivity index (χ2v) is 4.67. The van der Waals surface area contributed by atoms with Gasteiger partial charge in [-0.15, -0.1) is 5.10 Å². The van der Waals surface area contributed by atoms with E-state index in [1.807, 2.05) is 37.3 Å². The molecular weight excluding hydrogens is 286 g/mol. The van der Waals surface area contributed by atoms with Gasteiger partial charge in [0.25, 0.3) is 0 Å². The number of nitrogens with zero attached hydrogens (tertiary/aromatic N) is 3. The third kappa shape index (κ3) is 3.40. The van der Waals surface area contributed by atoms with Gasteiger partial charge in [-0.05, 0) is 12.5 Å². The molecule has 1 heterocycles. The Morgan fingerprint density at radius 1 is 1.36 bits per heavy atom. The number of aromatic nitrogens is 3. The maximum absolute atomic E-state index is 12.0. The van der Waals surface area contributed by atoms with Crippen molar-refractivity contribution in [3.8, 4) is 0 Å². The number of anilines is 1. The Morgan fingerprint density at radius 2 is 2.05 bits per heavy atom. The molecule has 1 aromatic carbocycles. The molecule has 8 heteroatoms. The molecule has 1 amide bonds. The van der Waals surface area contributed by atoms with Crippen molar-refractivity contribution in [3.63, 3.8) is 0 Å². The zero-order chi connectivity index (χ0) is 16.1. The maximum atomic E-state index is 12.0. The Bertz CT molecular complexity index is 668. The van der Waals surface area contributed by atoms with Crippen LogP contribution in [0.5, 0.6) is 0 Å². The van der Waals surface area contributed by atoms with Gasteiger partial charge in [0, 0.05) is 0 Å². The minimum Gasteiger partial charge on any atom is -0.464 e. The lowest BCUT2D eigenvalue weighted by molar-refractivity contribution is -0.122. The van der Waals surface area contributed by atoms with Crippen molar-refractivity contribution in [1.29, 1.82) is 0 Å². The van der Waals surface area contributed by atoms with Crippen molar-refractivity contribution in [2.24, 2.45) is 0 Å². The number of methoxy groups -OCH3 is 1. The summed E-state index contributed by atoms with van der Waals surface area (Å²) in [5.41, 5.74) is 6.61. The summed E-state index contributed by atoms with van der Waals surface area (Å²) >= 11 is 0. The normalized spacial score (nSPS) is 11.7. The van der Waals surface area contributed by atoms with Crippen molar-refractivity contribution in [3.05, 3.63) is 41.6 Å². The second-order valence-electron chi connectivity index (χ2n) is 4.67. The van der Waals surface area contributed by atoms with E-state index >= 15 is 0 Å². The van der Waals surface area contributed by atoms with Crippen molar-refractivity contribution >= 4 is 17.7 Å². The molecule has 0 bridgehead atoms. The zero-order valence-electron chi connectivity index (χ0n) is 12.3. The molecule has 0 aliphatic rings. The highest BCUT2D eigenvalue weighted by Gasteiger charge is 2.19. The minimum atomic E-state index is -0.693. The van der Waals surface area contributed by atoms with E-state index in [2.05, 4.69) is 20.4 Å². The minimum absolute atomic E-state index is 0.00522. The monoisotopic (exact) mass is 303 g/mol. The van der Waals surface area contributed by atoms with Crippen LogP contribution in [0.2, 0.25) is 0 Å². The number of rotatable bonds is 5. The van der Waals surface area contributed by atoms with E-state index in [-0.39, 0.29) is 30.0 Å². The van der Waals surface area contributed by atoms with Gasteiger partial charge in [0.1, 0.15) is 6.54 Å². The highest BCUT2D eigenvalue weighted by Crippen LogP contribution is 2.12. The number of ether oxygens (including phenoxy) is 1. The lowest BCUT2D eigenvalue weighted by Gasteiger charge is -2.14. The Labute approximate surface area is 127 Å². The van der Waals surface area contributed by atoms with E-state index in [9.17, 15) is 9.59 Å². The van der Waals surface area contributed by atoms with E-state index in [4.69, 9.17) is 5.73 Å². The summed E-state index contributed by atoms with van der Waals surface area (Å²) in [6.45, 7) is 1.74. The highest BCUT2D eigenvalue weighted by atomic mass is 16.5. The fraction of sp³-hybridized carbons (Fsp3) is 0.286. The summed E-state index contributed by atoms with van der Waals surface area (Å²) in [6, 6.07) is 9.39. The fourth-order valence-electron chi connectivity index (χ4n) is 1.93. The van der Waals surface area contributed by atoms with Gasteiger partial charge in [-0.1, -0.05) is 35.5 Å². The first-order valence-corrected chi connectivity index (χ1v) is 6.64. The van der Waals surface area contributed by atoms with E-state index in [0.717, 1.165) is 10.2 Å². The molecule has 8 nitrogen and oxygen atoms in total. The van der Waals surface area contributed by atoms with Crippen molar-refractivity contribution in [2.45, 2.75) is 19.5 Å². The van der Waals surface area contributed by atoms with Gasteiger partial charge >= 0.3 is 5.97 Å². The molecule has 3 N–H and O–H groups in total. The average molecular weight is 303 g/mol. The Balaban J connectivity index is 2.01. The van der Waals surface area contributed by atoms with Crippen molar-refractivity contribution in [2.75, 3.05) is 12.8 Å². The third-order valence-electron chi connectivity index (χ3n) is 3.12. The average Bonchev–Trinajstić information content (AvgIpc) is 2.88. The third-order valence-corrected chi connectivity index (χ3v) is 3.12. The summed E-state index contributed by atoms with van der Waals surface area (Å²) in [6.07, 6.45) is 0. The number of hydrogen-bond acceptors (Lipinski definition) is 6. The maximum Gasteiger partial charge on any atom is 0.362 e. The quantitative estimate of drug-likeness (QED) is 0.779. The van der Waals surface area contributed by atoms with Crippen LogP contribution in [0, 0.1) is 0 Å². The summed E-state index contributed by atoms with van der Waals surface area (Å²) in [7, 11) is 1.22. The number of carbonyl (C=O) groups is 2. The number of nitrogens with two attached hydrogens (primary N) is 1. The van der Waals surface area contributed by atoms with Crippen LogP contribution < -0.4 is 11.1 Å². The predicted molar refractivity (Wildman–Crippen MR) is 78.8 cm³/mol. The van der Waals surface area contributed by atoms with Crippen LogP contribution in [0.15, 0.2) is 30.3 Å². The fourth-order valence-corrected chi connectivity index (χ4v) is 1.93. The molecule has 22 heavy (non-hydrogen) atoms. The van der Waals surface area contributed by atoms with Gasteiger partial charge in [-0.3, -0.25) is 4.79 Å². The molecule has 0 aliphatic heterocycles. The number of amides is 1. The molecular formula is C14H17N5O3. The zero-order valence-corrected chi connectivity index (χ0v) is 12.3. The lowest BCUT2D eigenvalue weighted by atomic mass is 10.1. The summed E-state index contributed by atoms with van der Waals surface area (Å²) in [4.78, 5) is 23.4. The smallest absolute Gasteiger partial charge is 0.362 e. The Kier molecular flexibility index (Phi) is 4.72. The number of carbonyl (C=O) groups excluding carboxylic acids is 2. The van der Waals surface area contributed by atoms with Crippen LogP contribution >= 0.6 is 0 Å². The topological polar surface area (TPSA) is 112 Å². The van der Waals surface area contributed by atoms with Crippen LogP contribution in [0.25, 0.3) is 0 Å². The number of esters is 1. The first kappa shape index (κ1) is 15.5. The van der Waals surface area contributed by atoms with E-state index in [1.54, 1.807) is 0 Å². The largest absolute Gasteiger partial charge is 0.464 e. The van der Waals surface area contributed by atoms with E-state index in [1.165, 1.54) is 7.11 Å². The summed E-state index contributed by atoms with van der Waals surface area (Å²) in [5.74, 6) is -0.986. The second kappa shape index (κ2) is 6.70. The number of nitrogens with one attached hydrogen (secondary N) is 1. The summed E-state index contributed by atoms with van der Waals surface area (Å²) < 4.78 is 5.67. The summed E-state index contributed by atoms with van der Waals surface area (Å²) in [5, 5.41) is 10.1. The Morgan fingerprint density at radius 3 is 2.68 bits per heavy atom. The molecule has 0 radical (unpaired) electrons. The van der Waals surface area contributed by atoms with Crippen molar-refractivity contribution in [1.82, 2.24) is 20.3 Å². The molecule has 116 valence electrons. The van der Waals surface area contributed by atoms with Gasteiger partial charge in [-0.25, -0.2) is 9.48 Å². The lowest BCUT2D eigenvalue weighted by Crippen LogP contribution is -2.30. The van der Waals surface area contributed by atoms with Gasteiger partial charge < -0.3 is 15.8 Å². The standard InChI is InChI=1S/C14H17N5O3/c1-9(10-6-4-3-5-7-10)16-11(20)8-19-13(15)12(17-18-19)14(21)22-2/h3-7,9H,8,15H2,1-2H3,(H,16,20).